The summed E-state index contributed by atoms with van der Waals surface area (Å²) in [4.78, 5) is 15.7. The van der Waals surface area contributed by atoms with Crippen molar-refractivity contribution in [3.63, 3.8) is 0 Å². The molecule has 7 unspecified atom stereocenters. The van der Waals surface area contributed by atoms with Gasteiger partial charge in [0.1, 0.15) is 0 Å². The van der Waals surface area contributed by atoms with Gasteiger partial charge in [-0.15, -0.1) is 0 Å². The van der Waals surface area contributed by atoms with Crippen molar-refractivity contribution in [1.82, 2.24) is 15.0 Å². The summed E-state index contributed by atoms with van der Waals surface area (Å²) >= 11 is 0. The maximum Gasteiger partial charge on any atom is 0.164 e. The van der Waals surface area contributed by atoms with Gasteiger partial charge in [0.2, 0.25) is 0 Å². The Balaban J connectivity index is 0.833. The highest BCUT2D eigenvalue weighted by molar-refractivity contribution is 5.85. The second kappa shape index (κ2) is 18.9. The van der Waals surface area contributed by atoms with Crippen LogP contribution in [0.25, 0.3) is 84.0 Å². The van der Waals surface area contributed by atoms with E-state index in [4.69, 9.17) is 15.0 Å². The summed E-state index contributed by atoms with van der Waals surface area (Å²) in [6.45, 7) is 8.76. The fraction of sp³-hybridized carbons (Fsp3) is 0.173. The number of allylic oxidation sites excluding steroid dienone is 8. The molecule has 2 spiro atoms. The fourth-order valence-corrected chi connectivity index (χ4v) is 18.4. The zero-order valence-corrected chi connectivity index (χ0v) is 47.2. The molecule has 0 radical (unpaired) electrons. The van der Waals surface area contributed by atoms with Gasteiger partial charge in [0.15, 0.2) is 17.5 Å². The van der Waals surface area contributed by atoms with Crippen LogP contribution in [-0.2, 0) is 16.2 Å². The SMILES string of the molecule is C=C/C(=C\C(=C)C1=CC=CCC1)c1nc(-c2ccc(-c3ccc4c(c3)-c3ccccc3C3CC45CC4CC6(c7ccccc7-c7ccccc74)C4CC(C3)(c3ccccc3-c3ccccc34)C56)cc2)nc(-c2cccc(-c3ccccc3)c2)n1. The second-order valence-electron chi connectivity index (χ2n) is 25.2. The van der Waals surface area contributed by atoms with Crippen LogP contribution in [-0.4, -0.2) is 15.0 Å². The molecule has 1 heterocycles. The zero-order chi connectivity index (χ0) is 55.7. The van der Waals surface area contributed by atoms with E-state index in [0.717, 1.165) is 78.3 Å². The smallest absolute Gasteiger partial charge is 0.164 e. The number of benzene rings is 9. The summed E-state index contributed by atoms with van der Waals surface area (Å²) in [6, 6.07) is 83.8. The normalized spacial score (nSPS) is 24.2. The van der Waals surface area contributed by atoms with Gasteiger partial charge in [-0.2, -0.15) is 0 Å². The lowest BCUT2D eigenvalue weighted by Gasteiger charge is -2.64. The molecule has 17 rings (SSSR count). The van der Waals surface area contributed by atoms with Gasteiger partial charge in [-0.3, -0.25) is 0 Å². The third-order valence-corrected chi connectivity index (χ3v) is 21.3. The molecule has 9 aromatic carbocycles. The lowest BCUT2D eigenvalue weighted by molar-refractivity contribution is -0.00418. The van der Waals surface area contributed by atoms with Crippen LogP contribution in [0, 0.1) is 5.92 Å². The lowest BCUT2D eigenvalue weighted by atomic mass is 9.38. The highest BCUT2D eigenvalue weighted by Gasteiger charge is 2.76. The Bertz CT molecular complexity index is 4500. The van der Waals surface area contributed by atoms with Crippen molar-refractivity contribution in [2.75, 3.05) is 0 Å². The zero-order valence-electron chi connectivity index (χ0n) is 47.2. The Morgan fingerprint density at radius 2 is 0.964 bits per heavy atom. The summed E-state index contributed by atoms with van der Waals surface area (Å²) in [6.07, 6.45) is 18.1. The molecule has 0 N–H and O–H groups in total. The first-order valence-corrected chi connectivity index (χ1v) is 30.4. The van der Waals surface area contributed by atoms with Gasteiger partial charge in [-0.05, 0) is 187 Å². The number of hydrogen-bond donors (Lipinski definition) is 0. The molecular formula is C81H63N3. The van der Waals surface area contributed by atoms with Crippen molar-refractivity contribution in [1.29, 1.82) is 0 Å². The van der Waals surface area contributed by atoms with E-state index in [0.29, 0.717) is 41.1 Å². The third-order valence-electron chi connectivity index (χ3n) is 21.3. The molecule has 10 aromatic rings. The first-order valence-electron chi connectivity index (χ1n) is 30.4. The van der Waals surface area contributed by atoms with Crippen LogP contribution in [0.3, 0.4) is 0 Å². The molecule has 6 bridgehead atoms. The van der Waals surface area contributed by atoms with Crippen LogP contribution >= 0.6 is 0 Å². The van der Waals surface area contributed by atoms with E-state index >= 15 is 0 Å². The van der Waals surface area contributed by atoms with Crippen molar-refractivity contribution in [3.05, 3.63) is 312 Å². The topological polar surface area (TPSA) is 38.7 Å². The van der Waals surface area contributed by atoms with Crippen molar-refractivity contribution in [2.24, 2.45) is 5.92 Å². The summed E-state index contributed by atoms with van der Waals surface area (Å²) in [5, 5.41) is 0. The lowest BCUT2D eigenvalue weighted by Crippen LogP contribution is -2.61. The average molecular weight is 1080 g/mol. The van der Waals surface area contributed by atoms with E-state index in [-0.39, 0.29) is 16.2 Å². The van der Waals surface area contributed by atoms with E-state index < -0.39 is 0 Å². The van der Waals surface area contributed by atoms with E-state index in [2.05, 4.69) is 256 Å². The van der Waals surface area contributed by atoms with E-state index in [1.165, 1.54) is 61.2 Å². The molecule has 0 saturated heterocycles. The molecule has 3 saturated carbocycles. The van der Waals surface area contributed by atoms with Crippen molar-refractivity contribution in [2.45, 2.75) is 78.9 Å². The highest BCUT2D eigenvalue weighted by atomic mass is 15.0. The predicted molar refractivity (Wildman–Crippen MR) is 344 cm³/mol. The van der Waals surface area contributed by atoms with E-state index in [1.807, 2.05) is 6.08 Å². The Morgan fingerprint density at radius 1 is 0.440 bits per heavy atom. The minimum absolute atomic E-state index is 0.0682. The summed E-state index contributed by atoms with van der Waals surface area (Å²) in [7, 11) is 0. The summed E-state index contributed by atoms with van der Waals surface area (Å²) < 4.78 is 0. The Morgan fingerprint density at radius 3 is 1.68 bits per heavy atom. The molecule has 7 aliphatic carbocycles. The van der Waals surface area contributed by atoms with Crippen LogP contribution in [0.1, 0.15) is 102 Å². The van der Waals surface area contributed by atoms with Crippen molar-refractivity contribution >= 4 is 5.57 Å². The molecule has 0 amide bonds. The highest BCUT2D eigenvalue weighted by Crippen LogP contribution is 2.82. The predicted octanol–water partition coefficient (Wildman–Crippen LogP) is 20.0. The third kappa shape index (κ3) is 7.21. The molecule has 7 aliphatic rings. The molecule has 3 heteroatoms. The molecule has 3 nitrogen and oxygen atoms in total. The first kappa shape index (κ1) is 49.3. The first-order chi connectivity index (χ1) is 41.4. The maximum atomic E-state index is 5.26. The van der Waals surface area contributed by atoms with Gasteiger partial charge in [-0.25, -0.2) is 15.0 Å². The van der Waals surface area contributed by atoms with Gasteiger partial charge < -0.3 is 0 Å². The Hall–Kier alpha value is -9.31. The average Bonchev–Trinajstić information content (AvgIpc) is 1.45. The van der Waals surface area contributed by atoms with Crippen molar-refractivity contribution in [3.8, 4) is 78.4 Å². The van der Waals surface area contributed by atoms with Crippen LogP contribution in [0.4, 0.5) is 0 Å². The molecule has 402 valence electrons. The van der Waals surface area contributed by atoms with Gasteiger partial charge in [0.05, 0.1) is 0 Å². The van der Waals surface area contributed by atoms with Crippen LogP contribution in [0.5, 0.6) is 0 Å². The standard InChI is InChI=1S/C81H63N3/c1-3-52(43-51(2)53-21-6-4-7-22-53)75-82-76(84-77(83-75)59-26-20-25-57(44-59)54-23-8-5-9-24-54)56-39-37-55(38-40-56)58-41-42-72-70(45-58)65-30-13-11-27-62(65)60-46-79(72)48-61-49-81(73-36-19-17-33-68(73)64-29-12-10-28-63(61)64)74-50-80(47-60,78(79)81)71-35-18-16-32-67(71)66-31-14-15-34-69(66)74/h3-6,8-21,23-45,60-61,74,78H,1-2,7,22,46-50H2/b52-43+. The monoisotopic (exact) mass is 1080 g/mol. The number of rotatable bonds is 8. The number of fused-ring (bicyclic) bond motifs is 14. The van der Waals surface area contributed by atoms with Gasteiger partial charge in [0.25, 0.3) is 0 Å². The molecular weight excluding hydrogens is 1010 g/mol. The van der Waals surface area contributed by atoms with E-state index in [9.17, 15) is 0 Å². The minimum atomic E-state index is -0.133. The second-order valence-corrected chi connectivity index (χ2v) is 25.2. The Labute approximate surface area is 493 Å². The number of aromatic nitrogens is 3. The van der Waals surface area contributed by atoms with Crippen LogP contribution in [0.2, 0.25) is 0 Å². The fourth-order valence-electron chi connectivity index (χ4n) is 18.4. The summed E-state index contributed by atoms with van der Waals surface area (Å²) in [5.41, 5.74) is 27.0. The Kier molecular flexibility index (Phi) is 11.1. The maximum absolute atomic E-state index is 5.26. The quantitative estimate of drug-likeness (QED) is 0.142. The number of nitrogens with zero attached hydrogens (tertiary/aromatic N) is 3. The molecule has 0 aliphatic heterocycles. The van der Waals surface area contributed by atoms with Crippen LogP contribution in [0.15, 0.2) is 273 Å². The molecule has 84 heavy (non-hydrogen) atoms. The minimum Gasteiger partial charge on any atom is -0.208 e. The molecule has 3 fully saturated rings. The van der Waals surface area contributed by atoms with Gasteiger partial charge in [-0.1, -0.05) is 244 Å². The van der Waals surface area contributed by atoms with E-state index in [1.54, 1.807) is 22.3 Å². The van der Waals surface area contributed by atoms with Gasteiger partial charge >= 0.3 is 0 Å². The van der Waals surface area contributed by atoms with Crippen molar-refractivity contribution < 1.29 is 0 Å². The molecule has 7 atom stereocenters. The summed E-state index contributed by atoms with van der Waals surface area (Å²) in [5.74, 6) is 3.27. The number of hydrogen-bond acceptors (Lipinski definition) is 3. The molecule has 1 aromatic heterocycles. The van der Waals surface area contributed by atoms with Gasteiger partial charge in [0, 0.05) is 32.9 Å². The van der Waals surface area contributed by atoms with Crippen LogP contribution < -0.4 is 0 Å². The largest absolute Gasteiger partial charge is 0.208 e.